The van der Waals surface area contributed by atoms with Crippen molar-refractivity contribution >= 4 is 11.7 Å². The molecule has 4 nitrogen and oxygen atoms in total. The van der Waals surface area contributed by atoms with Crippen LogP contribution in [0.2, 0.25) is 0 Å². The van der Waals surface area contributed by atoms with Crippen LogP contribution >= 0.6 is 0 Å². The first-order chi connectivity index (χ1) is 10.6. The largest absolute Gasteiger partial charge is 0.497 e. The highest BCUT2D eigenvalue weighted by molar-refractivity contribution is 5.81. The highest BCUT2D eigenvalue weighted by Gasteiger charge is 2.21. The van der Waals surface area contributed by atoms with Gasteiger partial charge in [0.1, 0.15) is 5.75 Å². The molecule has 0 fully saturated rings. The maximum absolute atomic E-state index is 12.2. The molecule has 0 saturated heterocycles. The minimum Gasteiger partial charge on any atom is -0.497 e. The van der Waals surface area contributed by atoms with E-state index in [-0.39, 0.29) is 5.97 Å². The molecule has 0 spiro atoms. The number of esters is 1. The molecule has 4 heteroatoms. The van der Waals surface area contributed by atoms with Gasteiger partial charge >= 0.3 is 5.97 Å². The Bertz CT molecular complexity index is 605. The third kappa shape index (κ3) is 4.01. The molecule has 116 valence electrons. The molecule has 2 aromatic rings. The molecule has 0 heterocycles. The van der Waals surface area contributed by atoms with Crippen molar-refractivity contribution in [3.63, 3.8) is 0 Å². The van der Waals surface area contributed by atoms with Gasteiger partial charge in [-0.25, -0.2) is 4.79 Å². The van der Waals surface area contributed by atoms with Gasteiger partial charge in [-0.1, -0.05) is 29.8 Å². The summed E-state index contributed by atoms with van der Waals surface area (Å²) >= 11 is 0. The second-order valence-corrected chi connectivity index (χ2v) is 4.97. The standard InChI is InChI=1S/C18H21NO3/c1-4-22-18(20)17(14-7-5-13(2)6-8-14)19-15-9-11-16(21-3)12-10-15/h5-12,17,19H,4H2,1-3H3/t17-/m1/s1. The lowest BCUT2D eigenvalue weighted by molar-refractivity contribution is -0.144. The number of hydrogen-bond donors (Lipinski definition) is 1. The van der Waals surface area contributed by atoms with E-state index in [0.29, 0.717) is 6.61 Å². The van der Waals surface area contributed by atoms with Gasteiger partial charge in [-0.3, -0.25) is 0 Å². The van der Waals surface area contributed by atoms with Crippen molar-refractivity contribution in [3.05, 3.63) is 59.7 Å². The molecule has 2 aromatic carbocycles. The molecule has 0 saturated carbocycles. The van der Waals surface area contributed by atoms with Crippen LogP contribution in [-0.2, 0) is 9.53 Å². The van der Waals surface area contributed by atoms with Crippen molar-refractivity contribution in [3.8, 4) is 5.75 Å². The first-order valence-corrected chi connectivity index (χ1v) is 7.28. The number of rotatable bonds is 6. The molecule has 0 unspecified atom stereocenters. The van der Waals surface area contributed by atoms with Gasteiger partial charge < -0.3 is 14.8 Å². The van der Waals surface area contributed by atoms with Gasteiger partial charge in [0.15, 0.2) is 6.04 Å². The van der Waals surface area contributed by atoms with Crippen LogP contribution in [0.15, 0.2) is 48.5 Å². The number of aryl methyl sites for hydroxylation is 1. The van der Waals surface area contributed by atoms with Crippen molar-refractivity contribution in [2.75, 3.05) is 19.0 Å². The first kappa shape index (κ1) is 15.9. The summed E-state index contributed by atoms with van der Waals surface area (Å²) in [6.07, 6.45) is 0. The van der Waals surface area contributed by atoms with Crippen LogP contribution in [-0.4, -0.2) is 19.7 Å². The van der Waals surface area contributed by atoms with E-state index in [0.717, 1.165) is 22.6 Å². The minimum absolute atomic E-state index is 0.290. The highest BCUT2D eigenvalue weighted by Crippen LogP contribution is 2.23. The summed E-state index contributed by atoms with van der Waals surface area (Å²) < 4.78 is 10.3. The molecular formula is C18H21NO3. The number of anilines is 1. The lowest BCUT2D eigenvalue weighted by atomic mass is 10.0. The number of benzene rings is 2. The van der Waals surface area contributed by atoms with E-state index < -0.39 is 6.04 Å². The van der Waals surface area contributed by atoms with E-state index in [4.69, 9.17) is 9.47 Å². The predicted molar refractivity (Wildman–Crippen MR) is 87.2 cm³/mol. The van der Waals surface area contributed by atoms with Gasteiger partial charge in [0.25, 0.3) is 0 Å². The Kier molecular flexibility index (Phi) is 5.42. The molecule has 0 radical (unpaired) electrons. The molecule has 0 aliphatic carbocycles. The maximum atomic E-state index is 12.2. The zero-order valence-corrected chi connectivity index (χ0v) is 13.1. The summed E-state index contributed by atoms with van der Waals surface area (Å²) in [6, 6.07) is 14.8. The average Bonchev–Trinajstić information content (AvgIpc) is 2.54. The van der Waals surface area contributed by atoms with E-state index >= 15 is 0 Å². The van der Waals surface area contributed by atoms with E-state index in [2.05, 4.69) is 5.32 Å². The first-order valence-electron chi connectivity index (χ1n) is 7.28. The van der Waals surface area contributed by atoms with E-state index in [9.17, 15) is 4.79 Å². The predicted octanol–water partition coefficient (Wildman–Crippen LogP) is 3.72. The lowest BCUT2D eigenvalue weighted by Gasteiger charge is -2.19. The van der Waals surface area contributed by atoms with Crippen molar-refractivity contribution in [1.29, 1.82) is 0 Å². The molecule has 1 atom stereocenters. The van der Waals surface area contributed by atoms with Crippen LogP contribution in [0.4, 0.5) is 5.69 Å². The SMILES string of the molecule is CCOC(=O)[C@H](Nc1ccc(OC)cc1)c1ccc(C)cc1. The lowest BCUT2D eigenvalue weighted by Crippen LogP contribution is -2.23. The van der Waals surface area contributed by atoms with Gasteiger partial charge in [0, 0.05) is 5.69 Å². The monoisotopic (exact) mass is 299 g/mol. The maximum Gasteiger partial charge on any atom is 0.333 e. The van der Waals surface area contributed by atoms with Crippen LogP contribution in [0.3, 0.4) is 0 Å². The van der Waals surface area contributed by atoms with Crippen LogP contribution in [0, 0.1) is 6.92 Å². The summed E-state index contributed by atoms with van der Waals surface area (Å²) in [6.45, 7) is 4.17. The Labute approximate surface area is 131 Å². The summed E-state index contributed by atoms with van der Waals surface area (Å²) in [5.41, 5.74) is 2.86. The molecular weight excluding hydrogens is 278 g/mol. The Hall–Kier alpha value is -2.49. The molecule has 2 rings (SSSR count). The fourth-order valence-corrected chi connectivity index (χ4v) is 2.12. The number of hydrogen-bond acceptors (Lipinski definition) is 4. The number of carbonyl (C=O) groups is 1. The minimum atomic E-state index is -0.533. The molecule has 22 heavy (non-hydrogen) atoms. The number of nitrogens with one attached hydrogen (secondary N) is 1. The van der Waals surface area contributed by atoms with Crippen molar-refractivity contribution in [1.82, 2.24) is 0 Å². The van der Waals surface area contributed by atoms with E-state index in [1.165, 1.54) is 0 Å². The molecule has 0 aromatic heterocycles. The van der Waals surface area contributed by atoms with Crippen LogP contribution in [0.1, 0.15) is 24.1 Å². The fraction of sp³-hybridized carbons (Fsp3) is 0.278. The van der Waals surface area contributed by atoms with Gasteiger partial charge in [-0.05, 0) is 43.7 Å². The van der Waals surface area contributed by atoms with Gasteiger partial charge in [0.2, 0.25) is 0 Å². The molecule has 0 amide bonds. The van der Waals surface area contributed by atoms with Crippen LogP contribution in [0.25, 0.3) is 0 Å². The van der Waals surface area contributed by atoms with Gasteiger partial charge in [-0.15, -0.1) is 0 Å². The average molecular weight is 299 g/mol. The quantitative estimate of drug-likeness (QED) is 0.826. The third-order valence-electron chi connectivity index (χ3n) is 3.33. The third-order valence-corrected chi connectivity index (χ3v) is 3.33. The Morgan fingerprint density at radius 2 is 1.73 bits per heavy atom. The van der Waals surface area contributed by atoms with Crippen molar-refractivity contribution < 1.29 is 14.3 Å². The van der Waals surface area contributed by atoms with Crippen molar-refractivity contribution in [2.45, 2.75) is 19.9 Å². The second kappa shape index (κ2) is 7.50. The fourth-order valence-electron chi connectivity index (χ4n) is 2.12. The van der Waals surface area contributed by atoms with Crippen molar-refractivity contribution in [2.24, 2.45) is 0 Å². The number of ether oxygens (including phenoxy) is 2. The Morgan fingerprint density at radius 1 is 1.09 bits per heavy atom. The van der Waals surface area contributed by atoms with Crippen LogP contribution in [0.5, 0.6) is 5.75 Å². The summed E-state index contributed by atoms with van der Waals surface area (Å²) in [7, 11) is 1.62. The molecule has 0 aliphatic heterocycles. The number of methoxy groups -OCH3 is 1. The Morgan fingerprint density at radius 3 is 2.27 bits per heavy atom. The molecule has 1 N–H and O–H groups in total. The van der Waals surface area contributed by atoms with Gasteiger partial charge in [-0.2, -0.15) is 0 Å². The summed E-state index contributed by atoms with van der Waals surface area (Å²) in [5, 5.41) is 3.22. The summed E-state index contributed by atoms with van der Waals surface area (Å²) in [5.74, 6) is 0.482. The van der Waals surface area contributed by atoms with Gasteiger partial charge in [0.05, 0.1) is 13.7 Å². The highest BCUT2D eigenvalue weighted by atomic mass is 16.5. The number of carbonyl (C=O) groups excluding carboxylic acids is 1. The topological polar surface area (TPSA) is 47.6 Å². The van der Waals surface area contributed by atoms with E-state index in [1.54, 1.807) is 14.0 Å². The normalized spacial score (nSPS) is 11.6. The molecule has 0 bridgehead atoms. The van der Waals surface area contributed by atoms with Crippen LogP contribution < -0.4 is 10.1 Å². The smallest absolute Gasteiger partial charge is 0.333 e. The van der Waals surface area contributed by atoms with E-state index in [1.807, 2.05) is 55.5 Å². The zero-order valence-electron chi connectivity index (χ0n) is 13.1. The zero-order chi connectivity index (χ0) is 15.9. The summed E-state index contributed by atoms with van der Waals surface area (Å²) in [4.78, 5) is 12.2. The second-order valence-electron chi connectivity index (χ2n) is 4.97. The Balaban J connectivity index is 2.23. The molecule has 0 aliphatic rings.